The predicted molar refractivity (Wildman–Crippen MR) is 104 cm³/mol. The van der Waals surface area contributed by atoms with Gasteiger partial charge in [0.1, 0.15) is 6.61 Å². The number of ether oxygens (including phenoxy) is 1. The van der Waals surface area contributed by atoms with E-state index < -0.39 is 0 Å². The summed E-state index contributed by atoms with van der Waals surface area (Å²) >= 11 is 0. The molecule has 1 aromatic carbocycles. The van der Waals surface area contributed by atoms with Crippen LogP contribution in [0.2, 0.25) is 0 Å². The molecule has 2 N–H and O–H groups in total. The third kappa shape index (κ3) is 4.36. The summed E-state index contributed by atoms with van der Waals surface area (Å²) in [6.07, 6.45) is 9.96. The molecular formula is C22H31N2O2+. The van der Waals surface area contributed by atoms with Gasteiger partial charge in [0.2, 0.25) is 0 Å². The molecule has 0 radical (unpaired) electrons. The zero-order chi connectivity index (χ0) is 18.4. The van der Waals surface area contributed by atoms with Crippen LogP contribution in [0, 0.1) is 11.3 Å². The largest absolute Gasteiger partial charge is 0.445 e. The lowest BCUT2D eigenvalue weighted by Crippen LogP contribution is -3.12. The number of carbonyl (C=O) groups excluding carboxylic acids is 1. The lowest BCUT2D eigenvalue weighted by atomic mass is 9.66. The molecule has 0 bridgehead atoms. The van der Waals surface area contributed by atoms with E-state index in [0.29, 0.717) is 19.1 Å². The van der Waals surface area contributed by atoms with Crippen LogP contribution in [0.25, 0.3) is 0 Å². The Balaban J connectivity index is 1.65. The molecule has 3 unspecified atom stereocenters. The Morgan fingerprint density at radius 2 is 2.12 bits per heavy atom. The molecule has 1 fully saturated rings. The van der Waals surface area contributed by atoms with Crippen molar-refractivity contribution in [3.63, 3.8) is 0 Å². The molecule has 0 saturated carbocycles. The summed E-state index contributed by atoms with van der Waals surface area (Å²) in [5, 5.41) is 3.06. The molecule has 2 aliphatic rings. The van der Waals surface area contributed by atoms with Crippen molar-refractivity contribution in [3.8, 4) is 0 Å². The van der Waals surface area contributed by atoms with Gasteiger partial charge < -0.3 is 15.0 Å². The SMILES string of the molecule is CC1CC[NH+](C)CC1(CNC(=O)OCc1ccccc1)C1=CCCC=C1. The molecule has 4 nitrogen and oxygen atoms in total. The van der Waals surface area contributed by atoms with Gasteiger partial charge in [-0.3, -0.25) is 0 Å². The fourth-order valence-corrected chi connectivity index (χ4v) is 4.25. The molecule has 4 heteroatoms. The van der Waals surface area contributed by atoms with Crippen LogP contribution in [0.5, 0.6) is 0 Å². The molecule has 0 aromatic heterocycles. The van der Waals surface area contributed by atoms with Crippen molar-refractivity contribution in [1.29, 1.82) is 0 Å². The van der Waals surface area contributed by atoms with E-state index in [-0.39, 0.29) is 11.5 Å². The van der Waals surface area contributed by atoms with E-state index in [0.717, 1.165) is 24.9 Å². The van der Waals surface area contributed by atoms with Crippen LogP contribution in [0.4, 0.5) is 4.79 Å². The summed E-state index contributed by atoms with van der Waals surface area (Å²) in [6, 6.07) is 9.80. The number of nitrogens with one attached hydrogen (secondary N) is 2. The topological polar surface area (TPSA) is 42.8 Å². The number of rotatable bonds is 5. The van der Waals surface area contributed by atoms with E-state index in [4.69, 9.17) is 4.74 Å². The Labute approximate surface area is 156 Å². The van der Waals surface area contributed by atoms with Gasteiger partial charge in [-0.15, -0.1) is 0 Å². The Hall–Kier alpha value is -2.07. The molecule has 1 heterocycles. The van der Waals surface area contributed by atoms with E-state index in [2.05, 4.69) is 37.5 Å². The van der Waals surface area contributed by atoms with Crippen LogP contribution in [0.15, 0.2) is 54.1 Å². The summed E-state index contributed by atoms with van der Waals surface area (Å²) in [5.74, 6) is 0.537. The van der Waals surface area contributed by atoms with Crippen LogP contribution in [0.3, 0.4) is 0 Å². The van der Waals surface area contributed by atoms with Crippen molar-refractivity contribution in [1.82, 2.24) is 5.32 Å². The predicted octanol–water partition coefficient (Wildman–Crippen LogP) is 2.73. The first-order valence-electron chi connectivity index (χ1n) is 9.73. The second-order valence-electron chi connectivity index (χ2n) is 7.78. The van der Waals surface area contributed by atoms with Gasteiger partial charge in [-0.05, 0) is 29.9 Å². The Kier molecular flexibility index (Phi) is 6.15. The first-order valence-corrected chi connectivity index (χ1v) is 9.73. The van der Waals surface area contributed by atoms with Crippen LogP contribution >= 0.6 is 0 Å². The maximum Gasteiger partial charge on any atom is 0.407 e. The molecule has 1 aromatic rings. The van der Waals surface area contributed by atoms with Crippen molar-refractivity contribution >= 4 is 6.09 Å². The number of carbonyl (C=O) groups is 1. The van der Waals surface area contributed by atoms with Crippen LogP contribution in [-0.2, 0) is 11.3 Å². The van der Waals surface area contributed by atoms with Gasteiger partial charge in [0.25, 0.3) is 0 Å². The Morgan fingerprint density at radius 1 is 1.31 bits per heavy atom. The van der Waals surface area contributed by atoms with E-state index >= 15 is 0 Å². The molecule has 1 amide bonds. The molecular weight excluding hydrogens is 324 g/mol. The number of allylic oxidation sites excluding steroid dienone is 3. The fourth-order valence-electron chi connectivity index (χ4n) is 4.25. The van der Waals surface area contributed by atoms with Crippen LogP contribution < -0.4 is 10.2 Å². The molecule has 3 rings (SSSR count). The van der Waals surface area contributed by atoms with Gasteiger partial charge in [0, 0.05) is 13.0 Å². The van der Waals surface area contributed by atoms with Gasteiger partial charge in [0.15, 0.2) is 0 Å². The van der Waals surface area contributed by atoms with E-state index in [1.165, 1.54) is 23.4 Å². The highest BCUT2D eigenvalue weighted by Gasteiger charge is 2.45. The molecule has 1 aliphatic carbocycles. The van der Waals surface area contributed by atoms with Gasteiger partial charge in [-0.2, -0.15) is 0 Å². The number of amides is 1. The van der Waals surface area contributed by atoms with E-state index in [1.807, 2.05) is 30.3 Å². The first kappa shape index (κ1) is 18.7. The van der Waals surface area contributed by atoms with Crippen molar-refractivity contribution in [2.45, 2.75) is 32.8 Å². The summed E-state index contributed by atoms with van der Waals surface area (Å²) in [6.45, 7) is 5.51. The second kappa shape index (κ2) is 8.54. The van der Waals surface area contributed by atoms with Gasteiger partial charge in [-0.25, -0.2) is 4.79 Å². The van der Waals surface area contributed by atoms with Gasteiger partial charge >= 0.3 is 6.09 Å². The maximum atomic E-state index is 12.3. The smallest absolute Gasteiger partial charge is 0.407 e. The summed E-state index contributed by atoms with van der Waals surface area (Å²) in [7, 11) is 2.25. The minimum Gasteiger partial charge on any atom is -0.445 e. The minimum atomic E-state index is -0.330. The monoisotopic (exact) mass is 355 g/mol. The maximum absolute atomic E-state index is 12.3. The van der Waals surface area contributed by atoms with Crippen LogP contribution in [0.1, 0.15) is 31.7 Å². The highest BCUT2D eigenvalue weighted by molar-refractivity contribution is 5.67. The van der Waals surface area contributed by atoms with Crippen molar-refractivity contribution < 1.29 is 14.4 Å². The molecule has 3 atom stereocenters. The first-order chi connectivity index (χ1) is 12.6. The number of likely N-dealkylation sites (tertiary alicyclic amines) is 1. The van der Waals surface area contributed by atoms with Gasteiger partial charge in [-0.1, -0.05) is 55.5 Å². The van der Waals surface area contributed by atoms with Crippen molar-refractivity contribution in [3.05, 3.63) is 59.7 Å². The summed E-state index contributed by atoms with van der Waals surface area (Å²) in [5.41, 5.74) is 2.38. The second-order valence-corrected chi connectivity index (χ2v) is 7.78. The quantitative estimate of drug-likeness (QED) is 0.853. The normalized spacial score (nSPS) is 28.3. The molecule has 140 valence electrons. The molecule has 26 heavy (non-hydrogen) atoms. The van der Waals surface area contributed by atoms with Crippen molar-refractivity contribution in [2.75, 3.05) is 26.7 Å². The standard InChI is InChI=1S/C22H30N2O2/c1-18-13-14-24(2)17-22(18,20-11-7-4-8-12-20)16-23-21(25)26-15-19-9-5-3-6-10-19/h3,5-7,9-12,18H,4,8,13-17H2,1-2H3,(H,23,25)/p+1. The van der Waals surface area contributed by atoms with E-state index in [1.54, 1.807) is 0 Å². The van der Waals surface area contributed by atoms with Crippen molar-refractivity contribution in [2.24, 2.45) is 11.3 Å². The highest BCUT2D eigenvalue weighted by Crippen LogP contribution is 2.39. The average molecular weight is 356 g/mol. The summed E-state index contributed by atoms with van der Waals surface area (Å²) < 4.78 is 5.42. The molecule has 1 aliphatic heterocycles. The number of hydrogen-bond donors (Lipinski definition) is 2. The van der Waals surface area contributed by atoms with Gasteiger partial charge in [0.05, 0.1) is 25.6 Å². The number of hydrogen-bond acceptors (Lipinski definition) is 2. The highest BCUT2D eigenvalue weighted by atomic mass is 16.5. The zero-order valence-corrected chi connectivity index (χ0v) is 16.0. The fraction of sp³-hybridized carbons (Fsp3) is 0.500. The Bertz CT molecular complexity index is 668. The van der Waals surface area contributed by atoms with Crippen LogP contribution in [-0.4, -0.2) is 32.8 Å². The zero-order valence-electron chi connectivity index (χ0n) is 16.0. The number of benzene rings is 1. The lowest BCUT2D eigenvalue weighted by Gasteiger charge is -2.45. The summed E-state index contributed by atoms with van der Waals surface area (Å²) in [4.78, 5) is 13.8. The third-order valence-electron chi connectivity index (χ3n) is 5.90. The minimum absolute atomic E-state index is 0.00891. The third-order valence-corrected chi connectivity index (χ3v) is 5.90. The average Bonchev–Trinajstić information content (AvgIpc) is 2.68. The molecule has 0 spiro atoms. The number of quaternary nitrogens is 1. The van der Waals surface area contributed by atoms with E-state index in [9.17, 15) is 4.79 Å². The number of piperidine rings is 1. The molecule has 1 saturated heterocycles. The number of alkyl carbamates (subject to hydrolysis) is 1. The lowest BCUT2D eigenvalue weighted by molar-refractivity contribution is -0.893. The Morgan fingerprint density at radius 3 is 2.85 bits per heavy atom.